The van der Waals surface area contributed by atoms with E-state index in [9.17, 15) is 4.79 Å². The van der Waals surface area contributed by atoms with E-state index < -0.39 is 0 Å². The van der Waals surface area contributed by atoms with Gasteiger partial charge in [-0.25, -0.2) is 0 Å². The number of carbonyl (C=O) groups excluding carboxylic acids is 1. The monoisotopic (exact) mass is 229 g/mol. The molecule has 2 nitrogen and oxygen atoms in total. The van der Waals surface area contributed by atoms with Gasteiger partial charge in [0.05, 0.1) is 5.38 Å². The van der Waals surface area contributed by atoms with Crippen LogP contribution < -0.4 is 5.32 Å². The van der Waals surface area contributed by atoms with Crippen LogP contribution in [0.15, 0.2) is 0 Å². The van der Waals surface area contributed by atoms with Crippen molar-refractivity contribution in [3.63, 3.8) is 0 Å². The van der Waals surface area contributed by atoms with Crippen molar-refractivity contribution < 1.29 is 4.79 Å². The van der Waals surface area contributed by atoms with Gasteiger partial charge in [-0.3, -0.25) is 4.79 Å². The molecular formula is C12H20ClNO. The SMILES string of the molecule is CC(C)C(Cl)CNC(=O)C1C2CCCC21. The Morgan fingerprint density at radius 1 is 1.40 bits per heavy atom. The summed E-state index contributed by atoms with van der Waals surface area (Å²) in [5.74, 6) is 2.41. The summed E-state index contributed by atoms with van der Waals surface area (Å²) in [6.07, 6.45) is 3.84. The van der Waals surface area contributed by atoms with Gasteiger partial charge in [0.15, 0.2) is 0 Å². The molecule has 0 aromatic carbocycles. The fourth-order valence-electron chi connectivity index (χ4n) is 2.76. The van der Waals surface area contributed by atoms with Crippen molar-refractivity contribution in [1.82, 2.24) is 5.32 Å². The van der Waals surface area contributed by atoms with Crippen LogP contribution in [0.1, 0.15) is 33.1 Å². The third-order valence-corrected chi connectivity index (χ3v) is 4.56. The Labute approximate surface area is 96.8 Å². The van der Waals surface area contributed by atoms with Crippen LogP contribution in [0.4, 0.5) is 0 Å². The zero-order valence-electron chi connectivity index (χ0n) is 9.50. The molecule has 0 aromatic heterocycles. The predicted octanol–water partition coefficient (Wildman–Crippen LogP) is 2.41. The van der Waals surface area contributed by atoms with E-state index >= 15 is 0 Å². The van der Waals surface area contributed by atoms with Gasteiger partial charge < -0.3 is 5.32 Å². The number of rotatable bonds is 4. The fraction of sp³-hybridized carbons (Fsp3) is 0.917. The van der Waals surface area contributed by atoms with Crippen molar-refractivity contribution in [2.24, 2.45) is 23.7 Å². The van der Waals surface area contributed by atoms with E-state index in [-0.39, 0.29) is 11.3 Å². The van der Waals surface area contributed by atoms with E-state index in [1.54, 1.807) is 0 Å². The zero-order chi connectivity index (χ0) is 11.0. The molecule has 0 bridgehead atoms. The van der Waals surface area contributed by atoms with Crippen LogP contribution in [-0.2, 0) is 4.79 Å². The van der Waals surface area contributed by atoms with Gasteiger partial charge in [0, 0.05) is 12.5 Å². The molecule has 0 aromatic rings. The lowest BCUT2D eigenvalue weighted by Crippen LogP contribution is -2.33. The maximum atomic E-state index is 11.8. The second-order valence-corrected chi connectivity index (χ2v) is 5.85. The summed E-state index contributed by atoms with van der Waals surface area (Å²) in [6.45, 7) is 4.78. The van der Waals surface area contributed by atoms with Crippen LogP contribution in [0.2, 0.25) is 0 Å². The summed E-state index contributed by atoms with van der Waals surface area (Å²) in [5, 5.41) is 3.05. The van der Waals surface area contributed by atoms with Crippen molar-refractivity contribution in [3.05, 3.63) is 0 Å². The number of fused-ring (bicyclic) bond motifs is 1. The number of nitrogens with one attached hydrogen (secondary N) is 1. The summed E-state index contributed by atoms with van der Waals surface area (Å²) in [4.78, 5) is 11.8. The first-order chi connectivity index (χ1) is 7.11. The van der Waals surface area contributed by atoms with Crippen LogP contribution in [0.25, 0.3) is 0 Å². The second-order valence-electron chi connectivity index (χ2n) is 5.29. The predicted molar refractivity (Wildman–Crippen MR) is 61.8 cm³/mol. The Morgan fingerprint density at radius 3 is 2.53 bits per heavy atom. The number of hydrogen-bond donors (Lipinski definition) is 1. The van der Waals surface area contributed by atoms with Crippen molar-refractivity contribution in [2.75, 3.05) is 6.54 Å². The molecule has 15 heavy (non-hydrogen) atoms. The average molecular weight is 230 g/mol. The largest absolute Gasteiger partial charge is 0.354 e. The Hall–Kier alpha value is -0.240. The molecule has 2 rings (SSSR count). The van der Waals surface area contributed by atoms with Crippen molar-refractivity contribution in [3.8, 4) is 0 Å². The molecule has 3 heteroatoms. The summed E-state index contributed by atoms with van der Waals surface area (Å²) in [7, 11) is 0. The highest BCUT2D eigenvalue weighted by atomic mass is 35.5. The zero-order valence-corrected chi connectivity index (χ0v) is 10.3. The molecule has 0 saturated heterocycles. The van der Waals surface area contributed by atoms with E-state index in [0.717, 1.165) is 0 Å². The van der Waals surface area contributed by atoms with Crippen LogP contribution in [0, 0.1) is 23.7 Å². The van der Waals surface area contributed by atoms with Gasteiger partial charge in [0.1, 0.15) is 0 Å². The van der Waals surface area contributed by atoms with Gasteiger partial charge >= 0.3 is 0 Å². The Morgan fingerprint density at radius 2 is 2.00 bits per heavy atom. The first kappa shape index (κ1) is 11.3. The Kier molecular flexibility index (Phi) is 3.24. The molecule has 0 aliphatic heterocycles. The number of amides is 1. The van der Waals surface area contributed by atoms with E-state index in [1.165, 1.54) is 19.3 Å². The Bertz CT molecular complexity index is 244. The molecule has 2 aliphatic rings. The molecule has 0 spiro atoms. The normalized spacial score (nSPS) is 35.1. The van der Waals surface area contributed by atoms with Crippen molar-refractivity contribution >= 4 is 17.5 Å². The summed E-state index contributed by atoms with van der Waals surface area (Å²) >= 11 is 6.09. The van der Waals surface area contributed by atoms with Crippen LogP contribution in [0.3, 0.4) is 0 Å². The lowest BCUT2D eigenvalue weighted by Gasteiger charge is -2.14. The highest BCUT2D eigenvalue weighted by Crippen LogP contribution is 2.57. The third kappa shape index (κ3) is 2.30. The van der Waals surface area contributed by atoms with E-state index in [1.807, 2.05) is 0 Å². The maximum absolute atomic E-state index is 11.8. The molecule has 86 valence electrons. The molecule has 2 saturated carbocycles. The lowest BCUT2D eigenvalue weighted by atomic mass is 10.1. The van der Waals surface area contributed by atoms with Gasteiger partial charge in [0.25, 0.3) is 0 Å². The molecule has 2 aliphatic carbocycles. The van der Waals surface area contributed by atoms with Gasteiger partial charge in [-0.2, -0.15) is 0 Å². The quantitative estimate of drug-likeness (QED) is 0.737. The minimum absolute atomic E-state index is 0.0625. The molecule has 1 amide bonds. The van der Waals surface area contributed by atoms with Gasteiger partial charge in [0.2, 0.25) is 5.91 Å². The minimum atomic E-state index is 0.0625. The van der Waals surface area contributed by atoms with Gasteiger partial charge in [-0.15, -0.1) is 11.6 Å². The second kappa shape index (κ2) is 4.32. The standard InChI is InChI=1S/C12H20ClNO/c1-7(2)10(13)6-14-12(15)11-8-4-3-5-9(8)11/h7-11H,3-6H2,1-2H3,(H,14,15). The number of alkyl halides is 1. The van der Waals surface area contributed by atoms with Crippen LogP contribution in [-0.4, -0.2) is 17.8 Å². The molecule has 3 atom stereocenters. The molecule has 0 heterocycles. The maximum Gasteiger partial charge on any atom is 0.223 e. The number of hydrogen-bond acceptors (Lipinski definition) is 1. The topological polar surface area (TPSA) is 29.1 Å². The fourth-order valence-corrected chi connectivity index (χ4v) is 2.84. The van der Waals surface area contributed by atoms with E-state index in [4.69, 9.17) is 11.6 Å². The molecule has 3 unspecified atom stereocenters. The van der Waals surface area contributed by atoms with Gasteiger partial charge in [-0.05, 0) is 30.6 Å². The number of halogens is 1. The molecular weight excluding hydrogens is 210 g/mol. The smallest absolute Gasteiger partial charge is 0.223 e. The Balaban J connectivity index is 1.70. The van der Waals surface area contributed by atoms with E-state index in [2.05, 4.69) is 19.2 Å². The highest BCUT2D eigenvalue weighted by Gasteiger charge is 2.56. The lowest BCUT2D eigenvalue weighted by molar-refractivity contribution is -0.123. The molecule has 1 N–H and O–H groups in total. The van der Waals surface area contributed by atoms with Gasteiger partial charge in [-0.1, -0.05) is 20.3 Å². The molecule has 2 fully saturated rings. The highest BCUT2D eigenvalue weighted by molar-refractivity contribution is 6.21. The first-order valence-corrected chi connectivity index (χ1v) is 6.46. The third-order valence-electron chi connectivity index (χ3n) is 3.90. The summed E-state index contributed by atoms with van der Waals surface area (Å²) < 4.78 is 0. The summed E-state index contributed by atoms with van der Waals surface area (Å²) in [6, 6.07) is 0. The molecule has 0 radical (unpaired) electrons. The van der Waals surface area contributed by atoms with Crippen molar-refractivity contribution in [1.29, 1.82) is 0 Å². The average Bonchev–Trinajstić information content (AvgIpc) is 2.68. The van der Waals surface area contributed by atoms with E-state index in [0.29, 0.717) is 30.2 Å². The van der Waals surface area contributed by atoms with Crippen LogP contribution >= 0.6 is 11.6 Å². The van der Waals surface area contributed by atoms with Crippen molar-refractivity contribution in [2.45, 2.75) is 38.5 Å². The summed E-state index contributed by atoms with van der Waals surface area (Å²) in [5.41, 5.74) is 0. The minimum Gasteiger partial charge on any atom is -0.354 e. The number of carbonyl (C=O) groups is 1. The first-order valence-electron chi connectivity index (χ1n) is 6.03. The van der Waals surface area contributed by atoms with Crippen LogP contribution in [0.5, 0.6) is 0 Å².